The lowest BCUT2D eigenvalue weighted by atomic mass is 10.2. The van der Waals surface area contributed by atoms with Gasteiger partial charge in [-0.25, -0.2) is 4.98 Å². The quantitative estimate of drug-likeness (QED) is 0.878. The molecule has 84 valence electrons. The smallest absolute Gasteiger partial charge is 0.202 e. The van der Waals surface area contributed by atoms with Crippen LogP contribution in [0.15, 0.2) is 18.6 Å². The average molecular weight is 235 g/mol. The Morgan fingerprint density at radius 2 is 2.25 bits per heavy atom. The molecule has 0 saturated carbocycles. The Bertz CT molecular complexity index is 439. The number of hydrogen-bond acceptors (Lipinski definition) is 6. The molecule has 1 N–H and O–H groups in total. The van der Waals surface area contributed by atoms with Crippen LogP contribution in [-0.2, 0) is 0 Å². The zero-order chi connectivity index (χ0) is 11.4. The van der Waals surface area contributed by atoms with E-state index in [0.717, 1.165) is 11.7 Å². The second kappa shape index (κ2) is 4.98. The fourth-order valence-electron chi connectivity index (χ4n) is 1.11. The molecule has 0 radical (unpaired) electrons. The van der Waals surface area contributed by atoms with Crippen LogP contribution in [0.3, 0.4) is 0 Å². The van der Waals surface area contributed by atoms with Gasteiger partial charge >= 0.3 is 0 Å². The Morgan fingerprint density at radius 3 is 2.94 bits per heavy atom. The zero-order valence-corrected chi connectivity index (χ0v) is 10.0. The predicted molar refractivity (Wildman–Crippen MR) is 64.3 cm³/mol. The molecule has 0 atom stereocenters. The molecule has 16 heavy (non-hydrogen) atoms. The second-order valence-corrected chi connectivity index (χ2v) is 4.54. The van der Waals surface area contributed by atoms with Gasteiger partial charge in [0.05, 0.1) is 6.20 Å². The Morgan fingerprint density at radius 1 is 1.38 bits per heavy atom. The number of nitrogens with one attached hydrogen (secondary N) is 1. The minimum absolute atomic E-state index is 0.587. The van der Waals surface area contributed by atoms with E-state index in [4.69, 9.17) is 0 Å². The van der Waals surface area contributed by atoms with E-state index in [1.54, 1.807) is 18.6 Å². The van der Waals surface area contributed by atoms with Crippen molar-refractivity contribution in [3.8, 4) is 11.5 Å². The first-order valence-corrected chi connectivity index (χ1v) is 5.87. The minimum Gasteiger partial charge on any atom is -0.360 e. The van der Waals surface area contributed by atoms with Crippen LogP contribution in [0.1, 0.15) is 13.8 Å². The molecule has 2 aromatic rings. The third kappa shape index (κ3) is 2.73. The number of anilines is 1. The maximum absolute atomic E-state index is 4.35. The lowest BCUT2D eigenvalue weighted by molar-refractivity contribution is 0.688. The highest BCUT2D eigenvalue weighted by Crippen LogP contribution is 2.18. The summed E-state index contributed by atoms with van der Waals surface area (Å²) in [7, 11) is 0. The lowest BCUT2D eigenvalue weighted by Gasteiger charge is -2.03. The summed E-state index contributed by atoms with van der Waals surface area (Å²) in [5, 5.41) is 4.06. The maximum Gasteiger partial charge on any atom is 0.202 e. The van der Waals surface area contributed by atoms with Gasteiger partial charge in [0.2, 0.25) is 5.13 Å². The number of rotatable bonds is 4. The van der Waals surface area contributed by atoms with Crippen molar-refractivity contribution < 1.29 is 0 Å². The molecule has 6 heteroatoms. The highest BCUT2D eigenvalue weighted by Gasteiger charge is 2.07. The first kappa shape index (κ1) is 10.9. The molecule has 2 heterocycles. The van der Waals surface area contributed by atoms with Crippen molar-refractivity contribution in [1.82, 2.24) is 19.3 Å². The van der Waals surface area contributed by atoms with Crippen molar-refractivity contribution in [2.75, 3.05) is 11.9 Å². The summed E-state index contributed by atoms with van der Waals surface area (Å²) in [6, 6.07) is 0. The van der Waals surface area contributed by atoms with Crippen molar-refractivity contribution in [1.29, 1.82) is 0 Å². The molecule has 0 aromatic carbocycles. The molecule has 0 aliphatic heterocycles. The Balaban J connectivity index is 2.08. The third-order valence-corrected chi connectivity index (χ3v) is 2.55. The molecule has 0 fully saturated rings. The second-order valence-electron chi connectivity index (χ2n) is 3.79. The average Bonchev–Trinajstić information content (AvgIpc) is 2.76. The van der Waals surface area contributed by atoms with E-state index in [0.29, 0.717) is 17.4 Å². The molecule has 0 unspecified atom stereocenters. The summed E-state index contributed by atoms with van der Waals surface area (Å²) < 4.78 is 4.23. The summed E-state index contributed by atoms with van der Waals surface area (Å²) in [5.74, 6) is 1.22. The molecule has 0 spiro atoms. The summed E-state index contributed by atoms with van der Waals surface area (Å²) >= 11 is 1.35. The molecule has 0 aliphatic carbocycles. The summed E-state index contributed by atoms with van der Waals surface area (Å²) in [4.78, 5) is 12.5. The van der Waals surface area contributed by atoms with Crippen LogP contribution < -0.4 is 5.32 Å². The van der Waals surface area contributed by atoms with Crippen molar-refractivity contribution in [3.05, 3.63) is 18.6 Å². The van der Waals surface area contributed by atoms with Crippen molar-refractivity contribution >= 4 is 16.7 Å². The van der Waals surface area contributed by atoms with Gasteiger partial charge in [0.25, 0.3) is 0 Å². The van der Waals surface area contributed by atoms with Gasteiger partial charge in [-0.3, -0.25) is 4.98 Å². The number of nitrogens with zero attached hydrogens (tertiary/aromatic N) is 4. The summed E-state index contributed by atoms with van der Waals surface area (Å²) in [6.45, 7) is 5.20. The highest BCUT2D eigenvalue weighted by atomic mass is 32.1. The van der Waals surface area contributed by atoms with Gasteiger partial charge in [-0.1, -0.05) is 13.8 Å². The molecule has 5 nitrogen and oxygen atoms in total. The van der Waals surface area contributed by atoms with E-state index in [2.05, 4.69) is 38.5 Å². The van der Waals surface area contributed by atoms with Crippen LogP contribution in [0.2, 0.25) is 0 Å². The standard InChI is InChI=1S/C10H13N5S/c1-7(2)5-13-10-14-9(15-16-10)8-6-11-3-4-12-8/h3-4,6-7H,5H2,1-2H3,(H,13,14,15). The monoisotopic (exact) mass is 235 g/mol. The number of hydrogen-bond donors (Lipinski definition) is 1. The molecule has 0 aliphatic rings. The first-order chi connectivity index (χ1) is 7.75. The SMILES string of the molecule is CC(C)CNc1nc(-c2cnccn2)ns1. The van der Waals surface area contributed by atoms with Gasteiger partial charge in [0.1, 0.15) is 5.69 Å². The fourth-order valence-corrected chi connectivity index (χ4v) is 1.69. The van der Waals surface area contributed by atoms with Gasteiger partial charge in [-0.2, -0.15) is 9.36 Å². The topological polar surface area (TPSA) is 63.6 Å². The maximum atomic E-state index is 4.35. The summed E-state index contributed by atoms with van der Waals surface area (Å²) in [6.07, 6.45) is 4.93. The van der Waals surface area contributed by atoms with E-state index in [1.165, 1.54) is 11.5 Å². The van der Waals surface area contributed by atoms with E-state index < -0.39 is 0 Å². The van der Waals surface area contributed by atoms with Crippen LogP contribution >= 0.6 is 11.5 Å². The van der Waals surface area contributed by atoms with Crippen LogP contribution in [0.5, 0.6) is 0 Å². The minimum atomic E-state index is 0.587. The van der Waals surface area contributed by atoms with E-state index in [1.807, 2.05) is 0 Å². The third-order valence-electron chi connectivity index (χ3n) is 1.88. The van der Waals surface area contributed by atoms with E-state index in [-0.39, 0.29) is 0 Å². The summed E-state index contributed by atoms with van der Waals surface area (Å²) in [5.41, 5.74) is 0.705. The van der Waals surface area contributed by atoms with Crippen LogP contribution in [0, 0.1) is 5.92 Å². The van der Waals surface area contributed by atoms with E-state index >= 15 is 0 Å². The first-order valence-electron chi connectivity index (χ1n) is 5.09. The van der Waals surface area contributed by atoms with Gasteiger partial charge in [-0.05, 0) is 5.92 Å². The number of aromatic nitrogens is 4. The highest BCUT2D eigenvalue weighted by molar-refractivity contribution is 7.09. The molecular formula is C10H13N5S. The molecular weight excluding hydrogens is 222 g/mol. The van der Waals surface area contributed by atoms with Gasteiger partial charge < -0.3 is 5.32 Å². The van der Waals surface area contributed by atoms with Gasteiger partial charge in [0, 0.05) is 30.5 Å². The van der Waals surface area contributed by atoms with Crippen molar-refractivity contribution in [2.24, 2.45) is 5.92 Å². The molecule has 2 rings (SSSR count). The van der Waals surface area contributed by atoms with Crippen LogP contribution in [0.25, 0.3) is 11.5 Å². The Labute approximate surface area is 98.2 Å². The molecule has 0 bridgehead atoms. The van der Waals surface area contributed by atoms with Gasteiger partial charge in [0.15, 0.2) is 5.82 Å². The van der Waals surface area contributed by atoms with E-state index in [9.17, 15) is 0 Å². The Kier molecular flexibility index (Phi) is 3.40. The van der Waals surface area contributed by atoms with Gasteiger partial charge in [-0.15, -0.1) is 0 Å². The molecule has 0 amide bonds. The van der Waals surface area contributed by atoms with Crippen molar-refractivity contribution in [3.63, 3.8) is 0 Å². The molecule has 2 aromatic heterocycles. The van der Waals surface area contributed by atoms with Crippen molar-refractivity contribution in [2.45, 2.75) is 13.8 Å². The normalized spacial score (nSPS) is 10.7. The Hall–Kier alpha value is -1.56. The molecule has 0 saturated heterocycles. The lowest BCUT2D eigenvalue weighted by Crippen LogP contribution is -2.07. The predicted octanol–water partition coefficient (Wildman–Crippen LogP) is 2.06. The fraction of sp³-hybridized carbons (Fsp3) is 0.400. The zero-order valence-electron chi connectivity index (χ0n) is 9.21. The van der Waals surface area contributed by atoms with Crippen LogP contribution in [-0.4, -0.2) is 25.9 Å². The van der Waals surface area contributed by atoms with Crippen LogP contribution in [0.4, 0.5) is 5.13 Å². The largest absolute Gasteiger partial charge is 0.360 e.